The number of hydrogen-bond donors (Lipinski definition) is 0. The lowest BCUT2D eigenvalue weighted by atomic mass is 10.0. The van der Waals surface area contributed by atoms with E-state index in [0.29, 0.717) is 18.1 Å². The van der Waals surface area contributed by atoms with Crippen LogP contribution in [0.2, 0.25) is 0 Å². The van der Waals surface area contributed by atoms with Gasteiger partial charge < -0.3 is 4.74 Å². The molecule has 2 aromatic rings. The summed E-state index contributed by atoms with van der Waals surface area (Å²) < 4.78 is 96.4. The SMILES string of the molecule is CC(C)c1ccc(C(F)(F)Oc2cc(F)c(C#CC(F)(F)F)c(F)c2)cc1. The first-order valence-electron chi connectivity index (χ1n) is 7.65. The predicted molar refractivity (Wildman–Crippen MR) is 84.3 cm³/mol. The maximum Gasteiger partial charge on any atom is 0.458 e. The van der Waals surface area contributed by atoms with E-state index in [1.807, 2.05) is 13.8 Å². The van der Waals surface area contributed by atoms with Crippen molar-refractivity contribution in [2.75, 3.05) is 0 Å². The molecule has 0 bridgehead atoms. The zero-order chi connectivity index (χ0) is 20.4. The largest absolute Gasteiger partial charge is 0.458 e. The summed E-state index contributed by atoms with van der Waals surface area (Å²) in [4.78, 5) is 0. The minimum atomic E-state index is -4.96. The number of hydrogen-bond acceptors (Lipinski definition) is 1. The summed E-state index contributed by atoms with van der Waals surface area (Å²) >= 11 is 0. The Labute approximate surface area is 150 Å². The molecule has 27 heavy (non-hydrogen) atoms. The highest BCUT2D eigenvalue weighted by Crippen LogP contribution is 2.33. The molecule has 0 radical (unpaired) electrons. The van der Waals surface area contributed by atoms with Gasteiger partial charge in [-0.15, -0.1) is 0 Å². The lowest BCUT2D eigenvalue weighted by Crippen LogP contribution is -2.22. The van der Waals surface area contributed by atoms with Crippen molar-refractivity contribution in [2.24, 2.45) is 0 Å². The normalized spacial score (nSPS) is 11.9. The zero-order valence-electron chi connectivity index (χ0n) is 14.1. The third-order valence-electron chi connectivity index (χ3n) is 3.50. The van der Waals surface area contributed by atoms with E-state index in [4.69, 9.17) is 0 Å². The minimum Gasteiger partial charge on any atom is -0.429 e. The van der Waals surface area contributed by atoms with E-state index in [1.165, 1.54) is 18.1 Å². The third kappa shape index (κ3) is 5.39. The highest BCUT2D eigenvalue weighted by Gasteiger charge is 2.35. The van der Waals surface area contributed by atoms with Crippen molar-refractivity contribution in [1.82, 2.24) is 0 Å². The summed E-state index contributed by atoms with van der Waals surface area (Å²) in [5.41, 5.74) is -0.933. The van der Waals surface area contributed by atoms with E-state index in [0.717, 1.165) is 17.7 Å². The van der Waals surface area contributed by atoms with E-state index < -0.39 is 40.8 Å². The number of alkyl halides is 5. The molecule has 1 nitrogen and oxygen atoms in total. The average molecular weight is 390 g/mol. The maximum atomic E-state index is 14.2. The van der Waals surface area contributed by atoms with Gasteiger partial charge in [0, 0.05) is 18.1 Å². The molecule has 0 aromatic heterocycles. The van der Waals surface area contributed by atoms with Gasteiger partial charge in [-0.25, -0.2) is 8.78 Å². The Bertz CT molecular complexity index is 849. The maximum absolute atomic E-state index is 14.2. The first kappa shape index (κ1) is 20.6. The van der Waals surface area contributed by atoms with Crippen LogP contribution < -0.4 is 4.74 Å². The van der Waals surface area contributed by atoms with Crippen LogP contribution in [0, 0.1) is 23.5 Å². The summed E-state index contributed by atoms with van der Waals surface area (Å²) in [7, 11) is 0. The van der Waals surface area contributed by atoms with Crippen molar-refractivity contribution in [3.8, 4) is 17.6 Å². The predicted octanol–water partition coefficient (Wildman–Crippen LogP) is 6.13. The number of halogens is 7. The molecule has 0 atom stereocenters. The average Bonchev–Trinajstić information content (AvgIpc) is 2.52. The van der Waals surface area contributed by atoms with Gasteiger partial charge in [0.15, 0.2) is 0 Å². The molecule has 0 saturated heterocycles. The molecule has 8 heteroatoms. The van der Waals surface area contributed by atoms with Crippen molar-refractivity contribution >= 4 is 0 Å². The molecule has 0 fully saturated rings. The Kier molecular flexibility index (Phi) is 5.73. The Morgan fingerprint density at radius 3 is 1.85 bits per heavy atom. The topological polar surface area (TPSA) is 9.23 Å². The van der Waals surface area contributed by atoms with Crippen molar-refractivity contribution in [1.29, 1.82) is 0 Å². The van der Waals surface area contributed by atoms with Crippen molar-refractivity contribution in [3.05, 3.63) is 64.7 Å². The number of ether oxygens (including phenoxy) is 1. The summed E-state index contributed by atoms with van der Waals surface area (Å²) in [5, 5.41) is 0. The van der Waals surface area contributed by atoms with Gasteiger partial charge in [0.2, 0.25) is 0 Å². The first-order valence-corrected chi connectivity index (χ1v) is 7.65. The van der Waals surface area contributed by atoms with Crippen LogP contribution >= 0.6 is 0 Å². The molecule has 2 rings (SSSR count). The van der Waals surface area contributed by atoms with Gasteiger partial charge in [-0.2, -0.15) is 22.0 Å². The van der Waals surface area contributed by atoms with E-state index in [1.54, 1.807) is 0 Å². The summed E-state index contributed by atoms with van der Waals surface area (Å²) in [6.07, 6.45) is -8.86. The monoisotopic (exact) mass is 390 g/mol. The van der Waals surface area contributed by atoms with Gasteiger partial charge >= 0.3 is 12.3 Å². The Morgan fingerprint density at radius 1 is 0.889 bits per heavy atom. The molecular weight excluding hydrogens is 377 g/mol. The summed E-state index contributed by atoms with van der Waals surface area (Å²) in [5.74, 6) is -1.87. The number of benzene rings is 2. The molecule has 2 aromatic carbocycles. The van der Waals surface area contributed by atoms with Gasteiger partial charge in [-0.1, -0.05) is 31.9 Å². The molecular formula is C19H13F7O. The van der Waals surface area contributed by atoms with Crippen LogP contribution in [0.1, 0.15) is 36.5 Å². The molecule has 0 saturated carbocycles. The van der Waals surface area contributed by atoms with E-state index in [-0.39, 0.29) is 5.92 Å². The van der Waals surface area contributed by atoms with Gasteiger partial charge in [0.1, 0.15) is 17.4 Å². The molecule has 0 aliphatic carbocycles. The van der Waals surface area contributed by atoms with E-state index in [2.05, 4.69) is 4.74 Å². The van der Waals surface area contributed by atoms with Crippen LogP contribution in [-0.4, -0.2) is 6.18 Å². The van der Waals surface area contributed by atoms with E-state index >= 15 is 0 Å². The van der Waals surface area contributed by atoms with Crippen LogP contribution in [0.3, 0.4) is 0 Å². The van der Waals surface area contributed by atoms with Crippen LogP contribution in [0.25, 0.3) is 0 Å². The summed E-state index contributed by atoms with van der Waals surface area (Å²) in [6.45, 7) is 3.75. The molecule has 0 N–H and O–H groups in total. The molecule has 0 unspecified atom stereocenters. The van der Waals surface area contributed by atoms with Gasteiger partial charge in [-0.05, 0) is 23.6 Å². The second kappa shape index (κ2) is 7.51. The first-order chi connectivity index (χ1) is 12.4. The molecule has 0 spiro atoms. The van der Waals surface area contributed by atoms with Crippen LogP contribution in [0.5, 0.6) is 5.75 Å². The van der Waals surface area contributed by atoms with Crippen molar-refractivity contribution < 1.29 is 35.5 Å². The standard InChI is InChI=1S/C19H13F7O/c1-11(2)12-3-5-13(6-4-12)19(25,26)27-14-9-16(20)15(17(21)10-14)7-8-18(22,23)24/h3-6,9-11H,1-2H3. The second-order valence-electron chi connectivity index (χ2n) is 5.91. The lowest BCUT2D eigenvalue weighted by molar-refractivity contribution is -0.185. The molecule has 0 amide bonds. The van der Waals surface area contributed by atoms with Gasteiger partial charge in [-0.3, -0.25) is 0 Å². The fourth-order valence-electron chi connectivity index (χ4n) is 2.13. The van der Waals surface area contributed by atoms with Gasteiger partial charge in [0.25, 0.3) is 0 Å². The smallest absolute Gasteiger partial charge is 0.429 e. The third-order valence-corrected chi connectivity index (χ3v) is 3.50. The quantitative estimate of drug-likeness (QED) is 0.451. The minimum absolute atomic E-state index is 0.113. The highest BCUT2D eigenvalue weighted by atomic mass is 19.4. The molecule has 0 aliphatic rings. The fourth-order valence-corrected chi connectivity index (χ4v) is 2.13. The van der Waals surface area contributed by atoms with Crippen molar-refractivity contribution in [2.45, 2.75) is 32.1 Å². The fraction of sp³-hybridized carbons (Fsp3) is 0.263. The Balaban J connectivity index is 2.29. The van der Waals surface area contributed by atoms with Crippen LogP contribution in [-0.2, 0) is 6.11 Å². The van der Waals surface area contributed by atoms with Crippen LogP contribution in [0.15, 0.2) is 36.4 Å². The molecule has 0 heterocycles. The summed E-state index contributed by atoms with van der Waals surface area (Å²) in [6, 6.07) is 5.86. The molecule has 0 aliphatic heterocycles. The zero-order valence-corrected chi connectivity index (χ0v) is 14.1. The van der Waals surface area contributed by atoms with E-state index in [9.17, 15) is 30.7 Å². The molecule has 144 valence electrons. The lowest BCUT2D eigenvalue weighted by Gasteiger charge is -2.19. The van der Waals surface area contributed by atoms with Crippen molar-refractivity contribution in [3.63, 3.8) is 0 Å². The number of rotatable bonds is 4. The van der Waals surface area contributed by atoms with Gasteiger partial charge in [0.05, 0.1) is 11.1 Å². The second-order valence-corrected chi connectivity index (χ2v) is 5.91. The van der Waals surface area contributed by atoms with Crippen LogP contribution in [0.4, 0.5) is 30.7 Å². The Morgan fingerprint density at radius 2 is 1.41 bits per heavy atom. The highest BCUT2D eigenvalue weighted by molar-refractivity contribution is 5.42. The Hall–Kier alpha value is -2.69.